The van der Waals surface area contributed by atoms with Crippen molar-refractivity contribution < 1.29 is 19.1 Å². The van der Waals surface area contributed by atoms with Gasteiger partial charge in [-0.3, -0.25) is 9.59 Å². The standard InChI is InChI=1S/C13H14O4/c1-2-6-11(14)12(15)13(16)17-9-10-7-4-3-5-8-10/h3-5,7-8H,2,6,9H2,1H3. The van der Waals surface area contributed by atoms with Gasteiger partial charge in [0, 0.05) is 6.42 Å². The third-order valence-corrected chi connectivity index (χ3v) is 2.13. The third kappa shape index (κ3) is 4.18. The number of benzene rings is 1. The van der Waals surface area contributed by atoms with Crippen LogP contribution in [0.25, 0.3) is 0 Å². The quantitative estimate of drug-likeness (QED) is 0.426. The first-order valence-electron chi connectivity index (χ1n) is 5.43. The predicted octanol–water partition coefficient (Wildman–Crippen LogP) is 1.67. The summed E-state index contributed by atoms with van der Waals surface area (Å²) < 4.78 is 4.75. The monoisotopic (exact) mass is 234 g/mol. The number of carbonyl (C=O) groups is 3. The van der Waals surface area contributed by atoms with E-state index in [-0.39, 0.29) is 13.0 Å². The highest BCUT2D eigenvalue weighted by Gasteiger charge is 2.23. The SMILES string of the molecule is CCCC(=O)C(=O)C(=O)OCc1ccccc1. The molecule has 0 saturated heterocycles. The number of Topliss-reactive ketones (excluding diaryl/α,β-unsaturated/α-hetero) is 2. The Morgan fingerprint density at radius 3 is 2.35 bits per heavy atom. The van der Waals surface area contributed by atoms with E-state index in [0.717, 1.165) is 5.56 Å². The molecule has 0 aromatic heterocycles. The lowest BCUT2D eigenvalue weighted by Gasteiger charge is -2.03. The van der Waals surface area contributed by atoms with E-state index < -0.39 is 17.5 Å². The largest absolute Gasteiger partial charge is 0.455 e. The van der Waals surface area contributed by atoms with Gasteiger partial charge in [-0.15, -0.1) is 0 Å². The van der Waals surface area contributed by atoms with Crippen LogP contribution >= 0.6 is 0 Å². The minimum atomic E-state index is -1.08. The summed E-state index contributed by atoms with van der Waals surface area (Å²) in [5.74, 6) is -2.83. The number of ether oxygens (including phenoxy) is 1. The van der Waals surface area contributed by atoms with Gasteiger partial charge in [-0.05, 0) is 12.0 Å². The maximum absolute atomic E-state index is 11.2. The minimum absolute atomic E-state index is 0.00478. The Morgan fingerprint density at radius 1 is 1.12 bits per heavy atom. The Morgan fingerprint density at radius 2 is 1.76 bits per heavy atom. The fourth-order valence-corrected chi connectivity index (χ4v) is 1.24. The molecule has 17 heavy (non-hydrogen) atoms. The van der Waals surface area contributed by atoms with Gasteiger partial charge < -0.3 is 4.74 Å². The summed E-state index contributed by atoms with van der Waals surface area (Å²) in [6, 6.07) is 8.97. The fourth-order valence-electron chi connectivity index (χ4n) is 1.24. The number of hydrogen-bond donors (Lipinski definition) is 0. The lowest BCUT2D eigenvalue weighted by molar-refractivity contribution is -0.157. The van der Waals surface area contributed by atoms with Crippen molar-refractivity contribution in [2.45, 2.75) is 26.4 Å². The molecule has 1 aromatic rings. The second kappa shape index (κ2) is 6.58. The molecule has 90 valence electrons. The zero-order chi connectivity index (χ0) is 12.7. The van der Waals surface area contributed by atoms with Crippen molar-refractivity contribution in [3.63, 3.8) is 0 Å². The number of hydrogen-bond acceptors (Lipinski definition) is 4. The summed E-state index contributed by atoms with van der Waals surface area (Å²) in [7, 11) is 0. The van der Waals surface area contributed by atoms with Crippen LogP contribution in [0.1, 0.15) is 25.3 Å². The molecule has 0 saturated carbocycles. The van der Waals surface area contributed by atoms with Gasteiger partial charge in [-0.25, -0.2) is 4.79 Å². The van der Waals surface area contributed by atoms with Gasteiger partial charge in [0.2, 0.25) is 5.78 Å². The van der Waals surface area contributed by atoms with Crippen LogP contribution in [0.5, 0.6) is 0 Å². The summed E-state index contributed by atoms with van der Waals surface area (Å²) in [6.07, 6.45) is 0.621. The van der Waals surface area contributed by atoms with E-state index in [4.69, 9.17) is 4.74 Å². The van der Waals surface area contributed by atoms with Gasteiger partial charge in [0.15, 0.2) is 0 Å². The van der Waals surface area contributed by atoms with Crippen molar-refractivity contribution in [1.82, 2.24) is 0 Å². The van der Waals surface area contributed by atoms with Crippen LogP contribution in [0.3, 0.4) is 0 Å². The molecule has 1 aromatic carbocycles. The van der Waals surface area contributed by atoms with Crippen molar-refractivity contribution in [2.75, 3.05) is 0 Å². The van der Waals surface area contributed by atoms with E-state index in [9.17, 15) is 14.4 Å². The molecule has 0 aliphatic heterocycles. The van der Waals surface area contributed by atoms with E-state index in [2.05, 4.69) is 0 Å². The van der Waals surface area contributed by atoms with Crippen molar-refractivity contribution in [3.05, 3.63) is 35.9 Å². The second-order valence-electron chi connectivity index (χ2n) is 3.56. The van der Waals surface area contributed by atoms with Crippen LogP contribution in [0, 0.1) is 0 Å². The number of rotatable bonds is 6. The molecular formula is C13H14O4. The first kappa shape index (κ1) is 13.1. The van der Waals surface area contributed by atoms with Crippen molar-refractivity contribution in [1.29, 1.82) is 0 Å². The number of esters is 1. The molecular weight excluding hydrogens is 220 g/mol. The van der Waals surface area contributed by atoms with E-state index in [1.54, 1.807) is 31.2 Å². The predicted molar refractivity (Wildman–Crippen MR) is 61.2 cm³/mol. The molecule has 0 heterocycles. The van der Waals surface area contributed by atoms with Gasteiger partial charge in [-0.2, -0.15) is 0 Å². The van der Waals surface area contributed by atoms with Gasteiger partial charge >= 0.3 is 11.8 Å². The van der Waals surface area contributed by atoms with Crippen molar-refractivity contribution >= 4 is 17.5 Å². The Labute approximate surface area is 99.6 Å². The lowest BCUT2D eigenvalue weighted by atomic mass is 10.1. The summed E-state index contributed by atoms with van der Waals surface area (Å²) in [5, 5.41) is 0. The maximum atomic E-state index is 11.2. The van der Waals surface area contributed by atoms with E-state index >= 15 is 0 Å². The zero-order valence-electron chi connectivity index (χ0n) is 9.64. The molecule has 0 N–H and O–H groups in total. The maximum Gasteiger partial charge on any atom is 0.383 e. The molecule has 0 spiro atoms. The lowest BCUT2D eigenvalue weighted by Crippen LogP contribution is -2.25. The summed E-state index contributed by atoms with van der Waals surface area (Å²) in [4.78, 5) is 33.6. The van der Waals surface area contributed by atoms with Crippen LogP contribution in [-0.2, 0) is 25.7 Å². The van der Waals surface area contributed by atoms with Crippen molar-refractivity contribution in [2.24, 2.45) is 0 Å². The molecule has 0 amide bonds. The van der Waals surface area contributed by atoms with Gasteiger partial charge in [0.1, 0.15) is 6.61 Å². The summed E-state index contributed by atoms with van der Waals surface area (Å²) >= 11 is 0. The highest BCUT2D eigenvalue weighted by atomic mass is 16.5. The first-order valence-corrected chi connectivity index (χ1v) is 5.43. The molecule has 0 unspecified atom stereocenters. The Balaban J connectivity index is 2.45. The van der Waals surface area contributed by atoms with E-state index in [1.807, 2.05) is 6.07 Å². The van der Waals surface area contributed by atoms with Crippen LogP contribution in [0.2, 0.25) is 0 Å². The van der Waals surface area contributed by atoms with Gasteiger partial charge in [0.25, 0.3) is 0 Å². The molecule has 0 aliphatic rings. The average Bonchev–Trinajstić information content (AvgIpc) is 2.36. The fraction of sp³-hybridized carbons (Fsp3) is 0.308. The van der Waals surface area contributed by atoms with Crippen molar-refractivity contribution in [3.8, 4) is 0 Å². The smallest absolute Gasteiger partial charge is 0.383 e. The number of ketones is 2. The van der Waals surface area contributed by atoms with Gasteiger partial charge in [0.05, 0.1) is 0 Å². The summed E-state index contributed by atoms with van der Waals surface area (Å²) in [5.41, 5.74) is 0.775. The van der Waals surface area contributed by atoms with E-state index in [1.165, 1.54) is 0 Å². The zero-order valence-corrected chi connectivity index (χ0v) is 9.64. The first-order chi connectivity index (χ1) is 8.15. The minimum Gasteiger partial charge on any atom is -0.455 e. The van der Waals surface area contributed by atoms with Crippen LogP contribution in [-0.4, -0.2) is 17.5 Å². The molecule has 0 atom stereocenters. The van der Waals surface area contributed by atoms with Crippen LogP contribution in [0.4, 0.5) is 0 Å². The topological polar surface area (TPSA) is 60.4 Å². The molecule has 4 heteroatoms. The average molecular weight is 234 g/mol. The molecule has 0 aliphatic carbocycles. The Kier molecular flexibility index (Phi) is 5.07. The molecule has 0 fully saturated rings. The number of carbonyl (C=O) groups excluding carboxylic acids is 3. The normalized spacial score (nSPS) is 9.71. The molecule has 0 radical (unpaired) electrons. The summed E-state index contributed by atoms with van der Waals surface area (Å²) in [6.45, 7) is 1.77. The molecule has 1 rings (SSSR count). The highest BCUT2D eigenvalue weighted by molar-refractivity contribution is 6.62. The molecule has 0 bridgehead atoms. The second-order valence-corrected chi connectivity index (χ2v) is 3.56. The molecule has 4 nitrogen and oxygen atoms in total. The Bertz CT molecular complexity index is 409. The van der Waals surface area contributed by atoms with Crippen LogP contribution < -0.4 is 0 Å². The van der Waals surface area contributed by atoms with E-state index in [0.29, 0.717) is 6.42 Å². The van der Waals surface area contributed by atoms with Gasteiger partial charge in [-0.1, -0.05) is 37.3 Å². The Hall–Kier alpha value is -1.97. The third-order valence-electron chi connectivity index (χ3n) is 2.13. The van der Waals surface area contributed by atoms with Crippen LogP contribution in [0.15, 0.2) is 30.3 Å². The highest BCUT2D eigenvalue weighted by Crippen LogP contribution is 2.01.